The highest BCUT2D eigenvalue weighted by molar-refractivity contribution is 7.83. The first-order chi connectivity index (χ1) is 5.77. The Labute approximate surface area is 76.1 Å². The van der Waals surface area contributed by atoms with Crippen LogP contribution < -0.4 is 0 Å². The summed E-state index contributed by atoms with van der Waals surface area (Å²) in [6, 6.07) is 6.01. The molecule has 0 saturated carbocycles. The van der Waals surface area contributed by atoms with Crippen molar-refractivity contribution in [3.05, 3.63) is 41.1 Å². The van der Waals surface area contributed by atoms with Crippen LogP contribution in [0.1, 0.15) is 5.56 Å². The van der Waals surface area contributed by atoms with E-state index in [0.29, 0.717) is 5.70 Å². The predicted molar refractivity (Wildman–Crippen MR) is 52.9 cm³/mol. The van der Waals surface area contributed by atoms with Gasteiger partial charge in [0, 0.05) is 5.56 Å². The van der Waals surface area contributed by atoms with E-state index in [-0.39, 0.29) is 5.82 Å². The van der Waals surface area contributed by atoms with Crippen LogP contribution in [0.25, 0.3) is 5.70 Å². The number of thiol groups is 1. The highest BCUT2D eigenvalue weighted by atomic mass is 32.1. The van der Waals surface area contributed by atoms with Gasteiger partial charge in [0.25, 0.3) is 0 Å². The van der Waals surface area contributed by atoms with E-state index in [0.717, 1.165) is 5.56 Å². The molecule has 0 aromatic heterocycles. The fraction of sp³-hybridized carbons (Fsp3) is 0. The zero-order chi connectivity index (χ0) is 8.97. The lowest BCUT2D eigenvalue weighted by Gasteiger charge is -1.98. The van der Waals surface area contributed by atoms with Crippen molar-refractivity contribution in [3.8, 4) is 0 Å². The highest BCUT2D eigenvalue weighted by Gasteiger charge is 1.96. The highest BCUT2D eigenvalue weighted by Crippen LogP contribution is 2.16. The third-order valence-electron chi connectivity index (χ3n) is 1.43. The molecule has 0 N–H and O–H groups in total. The topological polar surface area (TPSA) is 12.4 Å². The Bertz CT molecular complexity index is 303. The Morgan fingerprint density at radius 3 is 2.42 bits per heavy atom. The monoisotopic (exact) mass is 181 g/mol. The summed E-state index contributed by atoms with van der Waals surface area (Å²) in [6.07, 6.45) is 0. The van der Waals surface area contributed by atoms with Crippen LogP contribution in [0.3, 0.4) is 0 Å². The van der Waals surface area contributed by atoms with Gasteiger partial charge in [0.05, 0.1) is 5.70 Å². The molecule has 1 aromatic rings. The van der Waals surface area contributed by atoms with E-state index in [1.165, 1.54) is 17.5 Å². The largest absolute Gasteiger partial charge is 0.264 e. The van der Waals surface area contributed by atoms with Crippen molar-refractivity contribution in [2.45, 2.75) is 0 Å². The van der Waals surface area contributed by atoms with Crippen molar-refractivity contribution in [1.29, 1.82) is 0 Å². The van der Waals surface area contributed by atoms with Crippen molar-refractivity contribution in [2.75, 3.05) is 0 Å². The quantitative estimate of drug-likeness (QED) is 0.532. The number of benzene rings is 1. The number of hydrogen-bond donors (Lipinski definition) is 1. The molecule has 0 saturated heterocycles. The van der Waals surface area contributed by atoms with Gasteiger partial charge >= 0.3 is 0 Å². The Morgan fingerprint density at radius 2 is 2.00 bits per heavy atom. The molecule has 0 aliphatic rings. The van der Waals surface area contributed by atoms with E-state index in [9.17, 15) is 4.39 Å². The van der Waals surface area contributed by atoms with E-state index in [1.807, 2.05) is 0 Å². The molecule has 0 aliphatic heterocycles. The summed E-state index contributed by atoms with van der Waals surface area (Å²) < 4.78 is 12.5. The first-order valence-corrected chi connectivity index (χ1v) is 3.86. The molecule has 62 valence electrons. The lowest BCUT2D eigenvalue weighted by molar-refractivity contribution is 0.627. The van der Waals surface area contributed by atoms with Gasteiger partial charge in [0.2, 0.25) is 0 Å². The summed E-state index contributed by atoms with van der Waals surface area (Å²) in [4.78, 5) is 3.72. The van der Waals surface area contributed by atoms with Gasteiger partial charge in [-0.25, -0.2) is 4.39 Å². The summed E-state index contributed by atoms with van der Waals surface area (Å²) >= 11 is 3.94. The Balaban J connectivity index is 3.04. The van der Waals surface area contributed by atoms with Gasteiger partial charge in [-0.3, -0.25) is 4.99 Å². The van der Waals surface area contributed by atoms with Crippen molar-refractivity contribution >= 4 is 25.0 Å². The van der Waals surface area contributed by atoms with Gasteiger partial charge in [-0.15, -0.1) is 12.6 Å². The fourth-order valence-corrected chi connectivity index (χ4v) is 1.06. The molecule has 1 rings (SSSR count). The lowest BCUT2D eigenvalue weighted by atomic mass is 10.2. The molecule has 12 heavy (non-hydrogen) atoms. The molecular weight excluding hydrogens is 173 g/mol. The molecule has 0 atom stereocenters. The normalized spacial score (nSPS) is 11.3. The molecule has 0 heterocycles. The maximum absolute atomic E-state index is 12.5. The van der Waals surface area contributed by atoms with E-state index < -0.39 is 0 Å². The third-order valence-corrected chi connectivity index (χ3v) is 1.68. The van der Waals surface area contributed by atoms with Crippen LogP contribution in [-0.4, -0.2) is 6.72 Å². The van der Waals surface area contributed by atoms with Crippen molar-refractivity contribution < 1.29 is 4.39 Å². The van der Waals surface area contributed by atoms with Crippen LogP contribution in [-0.2, 0) is 0 Å². The van der Waals surface area contributed by atoms with Crippen LogP contribution in [0.4, 0.5) is 4.39 Å². The SMILES string of the molecule is C=N/C(=C\S)c1ccc(F)cc1. The van der Waals surface area contributed by atoms with E-state index in [1.54, 1.807) is 12.1 Å². The Kier molecular flexibility index (Phi) is 3.05. The smallest absolute Gasteiger partial charge is 0.123 e. The average molecular weight is 181 g/mol. The predicted octanol–water partition coefficient (Wildman–Crippen LogP) is 2.75. The Hall–Kier alpha value is -1.09. The van der Waals surface area contributed by atoms with Crippen molar-refractivity contribution in [1.82, 2.24) is 0 Å². The number of halogens is 1. The first-order valence-electron chi connectivity index (χ1n) is 3.35. The third kappa shape index (κ3) is 1.95. The zero-order valence-electron chi connectivity index (χ0n) is 6.37. The summed E-state index contributed by atoms with van der Waals surface area (Å²) in [7, 11) is 0. The van der Waals surface area contributed by atoms with Gasteiger partial charge < -0.3 is 0 Å². The average Bonchev–Trinajstić information content (AvgIpc) is 2.10. The van der Waals surface area contributed by atoms with Crippen LogP contribution in [0.5, 0.6) is 0 Å². The minimum atomic E-state index is -0.263. The van der Waals surface area contributed by atoms with Gasteiger partial charge in [-0.05, 0) is 36.4 Å². The summed E-state index contributed by atoms with van der Waals surface area (Å²) in [5.41, 5.74) is 1.44. The molecular formula is C9H8FNS. The second-order valence-electron chi connectivity index (χ2n) is 2.18. The standard InChI is InChI=1S/C9H8FNS/c1-11-9(6-12)7-2-4-8(10)5-3-7/h2-6,12H,1H2/b9-6-. The molecule has 0 fully saturated rings. The van der Waals surface area contributed by atoms with Crippen LogP contribution in [0.2, 0.25) is 0 Å². The van der Waals surface area contributed by atoms with Crippen LogP contribution in [0.15, 0.2) is 34.7 Å². The molecule has 0 aliphatic carbocycles. The summed E-state index contributed by atoms with van der Waals surface area (Å²) in [6.45, 7) is 3.37. The van der Waals surface area contributed by atoms with E-state index in [2.05, 4.69) is 24.3 Å². The van der Waals surface area contributed by atoms with Gasteiger partial charge in [-0.1, -0.05) is 0 Å². The molecule has 0 bridgehead atoms. The second-order valence-corrected chi connectivity index (χ2v) is 2.44. The number of rotatable bonds is 2. The molecule has 3 heteroatoms. The maximum atomic E-state index is 12.5. The lowest BCUT2D eigenvalue weighted by Crippen LogP contribution is -1.80. The molecule has 0 radical (unpaired) electrons. The van der Waals surface area contributed by atoms with E-state index >= 15 is 0 Å². The number of aliphatic imine (C=N–C) groups is 1. The molecule has 0 spiro atoms. The van der Waals surface area contributed by atoms with E-state index in [4.69, 9.17) is 0 Å². The summed E-state index contributed by atoms with van der Waals surface area (Å²) in [5.74, 6) is -0.263. The zero-order valence-corrected chi connectivity index (χ0v) is 7.26. The minimum Gasteiger partial charge on any atom is -0.264 e. The minimum absolute atomic E-state index is 0.263. The molecule has 0 unspecified atom stereocenters. The first kappa shape index (κ1) is 9.00. The maximum Gasteiger partial charge on any atom is 0.123 e. The van der Waals surface area contributed by atoms with Crippen molar-refractivity contribution in [3.63, 3.8) is 0 Å². The molecule has 1 aromatic carbocycles. The second kappa shape index (κ2) is 4.07. The van der Waals surface area contributed by atoms with Crippen molar-refractivity contribution in [2.24, 2.45) is 4.99 Å². The van der Waals surface area contributed by atoms with Gasteiger partial charge in [0.15, 0.2) is 0 Å². The van der Waals surface area contributed by atoms with Gasteiger partial charge in [0.1, 0.15) is 5.82 Å². The van der Waals surface area contributed by atoms with Crippen LogP contribution in [0, 0.1) is 5.82 Å². The fourth-order valence-electron chi connectivity index (χ4n) is 0.827. The summed E-state index contributed by atoms with van der Waals surface area (Å²) in [5, 5.41) is 1.53. The molecule has 0 amide bonds. The van der Waals surface area contributed by atoms with Crippen LogP contribution >= 0.6 is 12.6 Å². The molecule has 1 nitrogen and oxygen atoms in total. The number of hydrogen-bond acceptors (Lipinski definition) is 2. The number of nitrogens with zero attached hydrogens (tertiary/aromatic N) is 1. The van der Waals surface area contributed by atoms with Gasteiger partial charge in [-0.2, -0.15) is 0 Å². The Morgan fingerprint density at radius 1 is 1.42 bits per heavy atom.